The molecule has 0 spiro atoms. The van der Waals surface area contributed by atoms with Crippen LogP contribution in [-0.4, -0.2) is 18.8 Å². The Hall–Kier alpha value is -1.91. The minimum absolute atomic E-state index is 0.102. The van der Waals surface area contributed by atoms with Crippen LogP contribution in [-0.2, 0) is 11.3 Å². The summed E-state index contributed by atoms with van der Waals surface area (Å²) >= 11 is 0. The second kappa shape index (κ2) is 6.46. The molecular weight excluding hydrogens is 283 g/mol. The van der Waals surface area contributed by atoms with Crippen LogP contribution in [0.2, 0.25) is 0 Å². The molecule has 1 atom stereocenters. The molecule has 22 heavy (non-hydrogen) atoms. The van der Waals surface area contributed by atoms with Crippen molar-refractivity contribution in [2.75, 3.05) is 7.11 Å². The van der Waals surface area contributed by atoms with Crippen LogP contribution in [0.15, 0.2) is 42.5 Å². The number of benzene rings is 2. The molecule has 2 aromatic carbocycles. The predicted molar refractivity (Wildman–Crippen MR) is 82.3 cm³/mol. The molecule has 0 heterocycles. The molecule has 0 saturated heterocycles. The summed E-state index contributed by atoms with van der Waals surface area (Å²) in [7, 11) is 1.25. The van der Waals surface area contributed by atoms with Gasteiger partial charge >= 0.3 is 6.54 Å². The van der Waals surface area contributed by atoms with Crippen LogP contribution >= 0.6 is 0 Å². The van der Waals surface area contributed by atoms with Gasteiger partial charge in [-0.3, -0.25) is 0 Å². The van der Waals surface area contributed by atoms with E-state index in [4.69, 9.17) is 4.74 Å². The number of aliphatic hydroxyl groups excluding tert-OH is 1. The van der Waals surface area contributed by atoms with Crippen molar-refractivity contribution in [1.82, 2.24) is 0 Å². The summed E-state index contributed by atoms with van der Waals surface area (Å²) in [6.45, 7) is -1.93. The van der Waals surface area contributed by atoms with Crippen LogP contribution in [0.4, 0.5) is 4.39 Å². The number of hydrogen-bond donors (Lipinski definition) is 1. The van der Waals surface area contributed by atoms with Crippen molar-refractivity contribution < 1.29 is 19.0 Å². The second-order valence-corrected chi connectivity index (χ2v) is 5.48. The minimum atomic E-state index is -1.83. The zero-order valence-electron chi connectivity index (χ0n) is 12.5. The molecule has 1 aliphatic rings. The van der Waals surface area contributed by atoms with Gasteiger partial charge in [-0.05, 0) is 41.5 Å². The topological polar surface area (TPSA) is 38.7 Å². The van der Waals surface area contributed by atoms with Gasteiger partial charge in [0.05, 0.1) is 6.61 Å². The van der Waals surface area contributed by atoms with Gasteiger partial charge in [0, 0.05) is 12.7 Å². The highest BCUT2D eigenvalue weighted by atomic mass is 19.2. The van der Waals surface area contributed by atoms with E-state index < -0.39 is 6.54 Å². The molecule has 1 unspecified atom stereocenters. The molecule has 1 aliphatic carbocycles. The molecule has 4 heteroatoms. The lowest BCUT2D eigenvalue weighted by Crippen LogP contribution is -2.13. The number of halogens is 1. The molecule has 3 rings (SSSR count). The number of ether oxygens (including phenoxy) is 2. The summed E-state index contributed by atoms with van der Waals surface area (Å²) in [5, 5.41) is 9.46. The molecule has 1 fully saturated rings. The fourth-order valence-corrected chi connectivity index (χ4v) is 2.66. The van der Waals surface area contributed by atoms with Gasteiger partial charge in [-0.15, -0.1) is 0 Å². The van der Waals surface area contributed by atoms with Crippen LogP contribution in [0.1, 0.15) is 29.9 Å². The van der Waals surface area contributed by atoms with Crippen LogP contribution in [0.3, 0.4) is 0 Å². The average molecular weight is 302 g/mol. The zero-order chi connectivity index (χ0) is 15.5. The maximum atomic E-state index is 13.6. The summed E-state index contributed by atoms with van der Waals surface area (Å²) in [6.07, 6.45) is 2.22. The maximum absolute atomic E-state index is 13.6. The maximum Gasteiger partial charge on any atom is 0.352 e. The first-order valence-electron chi connectivity index (χ1n) is 7.39. The van der Waals surface area contributed by atoms with Crippen LogP contribution in [0.5, 0.6) is 5.75 Å². The van der Waals surface area contributed by atoms with E-state index in [0.29, 0.717) is 11.7 Å². The van der Waals surface area contributed by atoms with E-state index in [0.717, 1.165) is 35.1 Å². The molecule has 0 aliphatic heterocycles. The fourth-order valence-electron chi connectivity index (χ4n) is 2.66. The Labute approximate surface area is 129 Å². The van der Waals surface area contributed by atoms with Crippen LogP contribution in [0, 0.1) is 0 Å². The number of methoxy groups -OCH3 is 1. The quantitative estimate of drug-likeness (QED) is 0.820. The van der Waals surface area contributed by atoms with Crippen molar-refractivity contribution in [2.45, 2.75) is 31.9 Å². The van der Waals surface area contributed by atoms with E-state index >= 15 is 0 Å². The van der Waals surface area contributed by atoms with Crippen LogP contribution in [0.25, 0.3) is 11.1 Å². The van der Waals surface area contributed by atoms with Gasteiger partial charge < -0.3 is 14.6 Å². The third-order valence-electron chi connectivity index (χ3n) is 3.86. The second-order valence-electron chi connectivity index (χ2n) is 5.48. The van der Waals surface area contributed by atoms with Crippen molar-refractivity contribution in [2.24, 2.45) is 0 Å². The SMILES string of the molecule is COC(F)Oc1cc(CO)cc(C2CC2)c1-c1ccccc1. The first kappa shape index (κ1) is 15.0. The molecule has 0 amide bonds. The molecule has 0 radical (unpaired) electrons. The molecule has 0 aromatic heterocycles. The Kier molecular flexibility index (Phi) is 4.41. The van der Waals surface area contributed by atoms with Crippen molar-refractivity contribution in [1.29, 1.82) is 0 Å². The van der Waals surface area contributed by atoms with Gasteiger partial charge in [-0.25, -0.2) is 0 Å². The first-order chi connectivity index (χ1) is 10.7. The molecule has 1 saturated carbocycles. The molecule has 2 aromatic rings. The van der Waals surface area contributed by atoms with Crippen molar-refractivity contribution in [3.63, 3.8) is 0 Å². The monoisotopic (exact) mass is 302 g/mol. The lowest BCUT2D eigenvalue weighted by Gasteiger charge is -2.18. The third-order valence-corrected chi connectivity index (χ3v) is 3.86. The van der Waals surface area contributed by atoms with Crippen molar-refractivity contribution in [3.8, 4) is 16.9 Å². The predicted octanol–water partition coefficient (Wildman–Crippen LogP) is 4.00. The average Bonchev–Trinajstić information content (AvgIpc) is 3.39. The van der Waals surface area contributed by atoms with Crippen molar-refractivity contribution in [3.05, 3.63) is 53.6 Å². The van der Waals surface area contributed by atoms with E-state index in [1.54, 1.807) is 6.07 Å². The van der Waals surface area contributed by atoms with E-state index in [9.17, 15) is 9.50 Å². The Morgan fingerprint density at radius 3 is 2.55 bits per heavy atom. The van der Waals surface area contributed by atoms with Gasteiger partial charge in [0.2, 0.25) is 0 Å². The largest absolute Gasteiger partial charge is 0.437 e. The Balaban J connectivity index is 2.14. The number of rotatable bonds is 6. The highest BCUT2D eigenvalue weighted by Crippen LogP contribution is 2.48. The van der Waals surface area contributed by atoms with Gasteiger partial charge in [0.1, 0.15) is 5.75 Å². The Morgan fingerprint density at radius 1 is 1.23 bits per heavy atom. The Bertz CT molecular complexity index is 638. The highest BCUT2D eigenvalue weighted by molar-refractivity contribution is 5.75. The normalized spacial score (nSPS) is 15.6. The molecule has 0 bridgehead atoms. The van der Waals surface area contributed by atoms with Crippen molar-refractivity contribution >= 4 is 0 Å². The van der Waals surface area contributed by atoms with E-state index in [-0.39, 0.29) is 6.61 Å². The molecule has 116 valence electrons. The summed E-state index contributed by atoms with van der Waals surface area (Å²) in [5.74, 6) is 0.860. The fraction of sp³-hybridized carbons (Fsp3) is 0.333. The molecule has 3 nitrogen and oxygen atoms in total. The van der Waals surface area contributed by atoms with E-state index in [1.165, 1.54) is 7.11 Å². The van der Waals surface area contributed by atoms with Gasteiger partial charge in [0.25, 0.3) is 0 Å². The third kappa shape index (κ3) is 3.13. The minimum Gasteiger partial charge on any atom is -0.437 e. The summed E-state index contributed by atoms with van der Waals surface area (Å²) in [5.41, 5.74) is 3.70. The summed E-state index contributed by atoms with van der Waals surface area (Å²) < 4.78 is 23.5. The molecule has 1 N–H and O–H groups in total. The van der Waals surface area contributed by atoms with E-state index in [2.05, 4.69) is 4.74 Å². The summed E-state index contributed by atoms with van der Waals surface area (Å²) in [6, 6.07) is 13.5. The van der Waals surface area contributed by atoms with Crippen LogP contribution < -0.4 is 4.74 Å². The van der Waals surface area contributed by atoms with Gasteiger partial charge in [-0.2, -0.15) is 4.39 Å². The highest BCUT2D eigenvalue weighted by Gasteiger charge is 2.29. The Morgan fingerprint density at radius 2 is 1.95 bits per heavy atom. The number of hydrogen-bond acceptors (Lipinski definition) is 3. The summed E-state index contributed by atoms with van der Waals surface area (Å²) in [4.78, 5) is 0. The van der Waals surface area contributed by atoms with E-state index in [1.807, 2.05) is 36.4 Å². The lowest BCUT2D eigenvalue weighted by molar-refractivity contribution is -0.145. The standard InChI is InChI=1S/C18H19FO3/c1-21-18(19)22-16-10-12(11-20)9-15(13-7-8-13)17(16)14-5-3-2-4-6-14/h2-6,9-10,13,18,20H,7-8,11H2,1H3. The van der Waals surface area contributed by atoms with Gasteiger partial charge in [-0.1, -0.05) is 36.4 Å². The number of alkyl halides is 1. The zero-order valence-corrected chi connectivity index (χ0v) is 12.5. The smallest absolute Gasteiger partial charge is 0.352 e. The molecular formula is C18H19FO3. The number of aliphatic hydroxyl groups is 1. The lowest BCUT2D eigenvalue weighted by atomic mass is 9.93. The first-order valence-corrected chi connectivity index (χ1v) is 7.39. The van der Waals surface area contributed by atoms with Gasteiger partial charge in [0.15, 0.2) is 0 Å².